The summed E-state index contributed by atoms with van der Waals surface area (Å²) in [5.74, 6) is 0. The highest BCUT2D eigenvalue weighted by Crippen LogP contribution is 2.31. The molecule has 0 radical (unpaired) electrons. The van der Waals surface area contributed by atoms with Crippen molar-refractivity contribution in [1.29, 1.82) is 0 Å². The molecule has 1 aliphatic rings. The van der Waals surface area contributed by atoms with Crippen LogP contribution in [0.1, 0.15) is 11.1 Å². The van der Waals surface area contributed by atoms with Crippen LogP contribution in [0.3, 0.4) is 0 Å². The van der Waals surface area contributed by atoms with E-state index in [0.717, 1.165) is 11.4 Å². The van der Waals surface area contributed by atoms with Crippen molar-refractivity contribution >= 4 is 22.1 Å². The summed E-state index contributed by atoms with van der Waals surface area (Å²) in [6, 6.07) is 30.4. The van der Waals surface area contributed by atoms with E-state index in [4.69, 9.17) is 0 Å². The molecule has 0 aliphatic heterocycles. The number of hydrogen-bond acceptors (Lipinski definition) is 1. The van der Waals surface area contributed by atoms with E-state index in [1.807, 2.05) is 0 Å². The maximum absolute atomic E-state index is 3.56. The average molecular weight is 321 g/mol. The maximum Gasteiger partial charge on any atom is 0.0463 e. The normalized spacial score (nSPS) is 12.5. The summed E-state index contributed by atoms with van der Waals surface area (Å²) < 4.78 is 0. The van der Waals surface area contributed by atoms with Crippen LogP contribution >= 0.6 is 0 Å². The summed E-state index contributed by atoms with van der Waals surface area (Å²) in [5, 5.41) is 6.06. The Kier molecular flexibility index (Phi) is 3.31. The van der Waals surface area contributed by atoms with Crippen molar-refractivity contribution in [3.8, 4) is 11.1 Å². The smallest absolute Gasteiger partial charge is 0.0463 e. The Morgan fingerprint density at radius 1 is 0.600 bits per heavy atom. The first-order valence-corrected chi connectivity index (χ1v) is 8.84. The molecule has 0 spiro atoms. The lowest BCUT2D eigenvalue weighted by Crippen LogP contribution is -2.07. The third-order valence-electron chi connectivity index (χ3n) is 5.16. The van der Waals surface area contributed by atoms with Crippen LogP contribution in [0.4, 0.5) is 11.4 Å². The molecule has 1 nitrogen and oxygen atoms in total. The number of rotatable bonds is 3. The van der Waals surface area contributed by atoms with E-state index in [9.17, 15) is 0 Å². The molecular formula is C24H19N. The van der Waals surface area contributed by atoms with Gasteiger partial charge in [0, 0.05) is 16.8 Å². The SMILES string of the molecule is c1ccc2c(Nc3ccc(-c4ccc5c(c4)CC5)cc3)cccc2c1. The van der Waals surface area contributed by atoms with Crippen LogP contribution in [0.15, 0.2) is 84.9 Å². The molecule has 0 bridgehead atoms. The minimum atomic E-state index is 1.11. The lowest BCUT2D eigenvalue weighted by atomic mass is 9.86. The van der Waals surface area contributed by atoms with Gasteiger partial charge in [-0.2, -0.15) is 0 Å². The molecule has 0 atom stereocenters. The van der Waals surface area contributed by atoms with E-state index < -0.39 is 0 Å². The number of aryl methyl sites for hydroxylation is 2. The van der Waals surface area contributed by atoms with E-state index >= 15 is 0 Å². The van der Waals surface area contributed by atoms with Gasteiger partial charge in [-0.25, -0.2) is 0 Å². The molecule has 0 amide bonds. The molecule has 120 valence electrons. The van der Waals surface area contributed by atoms with Gasteiger partial charge in [0.25, 0.3) is 0 Å². The minimum Gasteiger partial charge on any atom is -0.355 e. The third kappa shape index (κ3) is 2.58. The van der Waals surface area contributed by atoms with Gasteiger partial charge < -0.3 is 5.32 Å². The monoisotopic (exact) mass is 321 g/mol. The number of fused-ring (bicyclic) bond motifs is 2. The van der Waals surface area contributed by atoms with Crippen LogP contribution in [-0.4, -0.2) is 0 Å². The zero-order chi connectivity index (χ0) is 16.6. The van der Waals surface area contributed by atoms with Crippen LogP contribution < -0.4 is 5.32 Å². The number of benzene rings is 4. The first-order valence-electron chi connectivity index (χ1n) is 8.84. The van der Waals surface area contributed by atoms with Gasteiger partial charge in [-0.15, -0.1) is 0 Å². The minimum absolute atomic E-state index is 1.11. The summed E-state index contributed by atoms with van der Waals surface area (Å²) in [5.41, 5.74) is 7.87. The van der Waals surface area contributed by atoms with Crippen molar-refractivity contribution in [1.82, 2.24) is 0 Å². The summed E-state index contributed by atoms with van der Waals surface area (Å²) in [7, 11) is 0. The molecule has 0 unspecified atom stereocenters. The van der Waals surface area contributed by atoms with E-state index in [2.05, 4.69) is 90.2 Å². The van der Waals surface area contributed by atoms with Gasteiger partial charge in [-0.05, 0) is 58.7 Å². The fourth-order valence-electron chi connectivity index (χ4n) is 3.61. The second-order valence-corrected chi connectivity index (χ2v) is 6.71. The quantitative estimate of drug-likeness (QED) is 0.463. The standard InChI is InChI=1S/C24H19N/c1-2-6-23-19(4-1)5-3-7-24(23)25-22-14-12-18(13-15-22)21-11-9-17-8-10-20(17)16-21/h1-7,9,11-16,25H,8,10H2. The third-order valence-corrected chi connectivity index (χ3v) is 5.16. The van der Waals surface area contributed by atoms with Gasteiger partial charge in [0.15, 0.2) is 0 Å². The first-order chi connectivity index (χ1) is 12.4. The Morgan fingerprint density at radius 2 is 1.36 bits per heavy atom. The highest BCUT2D eigenvalue weighted by molar-refractivity contribution is 5.95. The molecule has 4 aromatic carbocycles. The van der Waals surface area contributed by atoms with Crippen molar-refractivity contribution < 1.29 is 0 Å². The topological polar surface area (TPSA) is 12.0 Å². The molecule has 1 heteroatoms. The summed E-state index contributed by atoms with van der Waals surface area (Å²) in [6.07, 6.45) is 2.47. The molecule has 0 fully saturated rings. The Labute approximate surface area is 148 Å². The molecule has 1 N–H and O–H groups in total. The summed E-state index contributed by atoms with van der Waals surface area (Å²) in [6.45, 7) is 0. The summed E-state index contributed by atoms with van der Waals surface area (Å²) in [4.78, 5) is 0. The average Bonchev–Trinajstić information content (AvgIpc) is 2.64. The lowest BCUT2D eigenvalue weighted by Gasteiger charge is -2.19. The van der Waals surface area contributed by atoms with E-state index in [-0.39, 0.29) is 0 Å². The lowest BCUT2D eigenvalue weighted by molar-refractivity contribution is 0.840. The van der Waals surface area contributed by atoms with E-state index in [1.165, 1.54) is 45.9 Å². The van der Waals surface area contributed by atoms with Crippen LogP contribution in [0.5, 0.6) is 0 Å². The van der Waals surface area contributed by atoms with Crippen molar-refractivity contribution in [2.45, 2.75) is 12.8 Å². The molecule has 0 aromatic heterocycles. The molecule has 0 heterocycles. The van der Waals surface area contributed by atoms with Crippen LogP contribution in [0, 0.1) is 0 Å². The first kappa shape index (κ1) is 14.3. The molecule has 4 aromatic rings. The number of anilines is 2. The Balaban J connectivity index is 1.44. The van der Waals surface area contributed by atoms with E-state index in [1.54, 1.807) is 0 Å². The molecule has 25 heavy (non-hydrogen) atoms. The fraction of sp³-hybridized carbons (Fsp3) is 0.0833. The van der Waals surface area contributed by atoms with Crippen LogP contribution in [0.2, 0.25) is 0 Å². The molecule has 1 aliphatic carbocycles. The molecule has 0 saturated heterocycles. The predicted octanol–water partition coefficient (Wildman–Crippen LogP) is 6.35. The van der Waals surface area contributed by atoms with Gasteiger partial charge >= 0.3 is 0 Å². The maximum atomic E-state index is 3.56. The summed E-state index contributed by atoms with van der Waals surface area (Å²) >= 11 is 0. The molecule has 0 saturated carbocycles. The van der Waals surface area contributed by atoms with Gasteiger partial charge in [0.2, 0.25) is 0 Å². The van der Waals surface area contributed by atoms with Gasteiger partial charge in [0.1, 0.15) is 0 Å². The zero-order valence-corrected chi connectivity index (χ0v) is 14.0. The van der Waals surface area contributed by atoms with E-state index in [0.29, 0.717) is 0 Å². The Hall–Kier alpha value is -3.06. The molecular weight excluding hydrogens is 302 g/mol. The van der Waals surface area contributed by atoms with Gasteiger partial charge in [-0.3, -0.25) is 0 Å². The van der Waals surface area contributed by atoms with Crippen LogP contribution in [-0.2, 0) is 12.8 Å². The van der Waals surface area contributed by atoms with Crippen LogP contribution in [0.25, 0.3) is 21.9 Å². The number of nitrogens with one attached hydrogen (secondary N) is 1. The second-order valence-electron chi connectivity index (χ2n) is 6.71. The van der Waals surface area contributed by atoms with Gasteiger partial charge in [-0.1, -0.05) is 66.7 Å². The largest absolute Gasteiger partial charge is 0.355 e. The molecule has 5 rings (SSSR count). The van der Waals surface area contributed by atoms with Crippen molar-refractivity contribution in [2.75, 3.05) is 5.32 Å². The highest BCUT2D eigenvalue weighted by atomic mass is 14.9. The zero-order valence-electron chi connectivity index (χ0n) is 14.0. The number of hydrogen-bond donors (Lipinski definition) is 1. The fourth-order valence-corrected chi connectivity index (χ4v) is 3.61. The second kappa shape index (κ2) is 5.78. The predicted molar refractivity (Wildman–Crippen MR) is 107 cm³/mol. The van der Waals surface area contributed by atoms with Crippen molar-refractivity contribution in [2.24, 2.45) is 0 Å². The van der Waals surface area contributed by atoms with Crippen molar-refractivity contribution in [3.05, 3.63) is 96.1 Å². The Bertz CT molecular complexity index is 1060. The van der Waals surface area contributed by atoms with Gasteiger partial charge in [0.05, 0.1) is 0 Å². The highest BCUT2D eigenvalue weighted by Gasteiger charge is 2.13. The Morgan fingerprint density at radius 3 is 2.16 bits per heavy atom. The van der Waals surface area contributed by atoms with Crippen molar-refractivity contribution in [3.63, 3.8) is 0 Å².